The number of nitrogens with one attached hydrogen (secondary N) is 1. The molecule has 0 saturated heterocycles. The summed E-state index contributed by atoms with van der Waals surface area (Å²) in [7, 11) is 0. The molecule has 0 saturated carbocycles. The standard InChI is InChI=1S/C39H34ClN5O4/c1-4-48-39(47)36-31(18-15-28-11-5-6-12-32(28)40)35(38(46)49-22-8-10-27-9-7-20-41-23-27)25(2)43-37(36)29-13-16-30(17-14-29)45-26(3)44-33-24-42-21-19-34(33)45/h5-7,9,11-14,16-17,19-21,23-24,31,43H,4,15,18,22H2,1-3H3. The van der Waals surface area contributed by atoms with Gasteiger partial charge in [0.15, 0.2) is 6.61 Å². The van der Waals surface area contributed by atoms with Gasteiger partial charge in [-0.05, 0) is 81.1 Å². The van der Waals surface area contributed by atoms with Crippen LogP contribution in [-0.2, 0) is 25.5 Å². The summed E-state index contributed by atoms with van der Waals surface area (Å²) in [5.41, 5.74) is 6.84. The first-order valence-electron chi connectivity index (χ1n) is 15.9. The number of hydrogen-bond donors (Lipinski definition) is 1. The van der Waals surface area contributed by atoms with Crippen LogP contribution in [0.2, 0.25) is 5.02 Å². The van der Waals surface area contributed by atoms with Crippen LogP contribution >= 0.6 is 11.6 Å². The molecule has 2 aromatic carbocycles. The molecule has 0 aliphatic carbocycles. The second-order valence-electron chi connectivity index (χ2n) is 11.4. The number of nitrogens with zero attached hydrogens (tertiary/aromatic N) is 4. The summed E-state index contributed by atoms with van der Waals surface area (Å²) in [4.78, 5) is 40.5. The monoisotopic (exact) mass is 671 g/mol. The molecule has 1 atom stereocenters. The number of imidazole rings is 1. The van der Waals surface area contributed by atoms with Crippen molar-refractivity contribution in [2.24, 2.45) is 5.92 Å². The highest BCUT2D eigenvalue weighted by Crippen LogP contribution is 2.39. The van der Waals surface area contributed by atoms with E-state index in [1.165, 1.54) is 0 Å². The minimum absolute atomic E-state index is 0.132. The van der Waals surface area contributed by atoms with E-state index >= 15 is 0 Å². The van der Waals surface area contributed by atoms with E-state index in [0.717, 1.165) is 33.7 Å². The maximum absolute atomic E-state index is 13.8. The number of rotatable bonds is 9. The summed E-state index contributed by atoms with van der Waals surface area (Å²) in [6.45, 7) is 5.55. The van der Waals surface area contributed by atoms with Crippen LogP contribution in [-0.4, -0.2) is 44.7 Å². The number of pyridine rings is 2. The molecule has 1 unspecified atom stereocenters. The van der Waals surface area contributed by atoms with Gasteiger partial charge in [0.05, 0.1) is 35.2 Å². The first kappa shape index (κ1) is 33.2. The third kappa shape index (κ3) is 7.25. The molecule has 5 aromatic rings. The number of carbonyl (C=O) groups excluding carboxylic acids is 2. The highest BCUT2D eigenvalue weighted by Gasteiger charge is 2.38. The number of halogens is 1. The first-order valence-corrected chi connectivity index (χ1v) is 16.3. The summed E-state index contributed by atoms with van der Waals surface area (Å²) < 4.78 is 13.3. The molecule has 0 fully saturated rings. The number of esters is 2. The summed E-state index contributed by atoms with van der Waals surface area (Å²) in [5, 5.41) is 3.98. The maximum atomic E-state index is 13.8. The zero-order chi connectivity index (χ0) is 34.3. The predicted octanol–water partition coefficient (Wildman–Crippen LogP) is 6.77. The molecule has 3 aromatic heterocycles. The molecule has 1 aliphatic heterocycles. The van der Waals surface area contributed by atoms with Gasteiger partial charge in [-0.25, -0.2) is 14.6 Å². The Morgan fingerprint density at radius 3 is 2.45 bits per heavy atom. The zero-order valence-electron chi connectivity index (χ0n) is 27.4. The normalized spacial score (nSPS) is 14.2. The van der Waals surface area contributed by atoms with Crippen molar-refractivity contribution in [1.82, 2.24) is 24.8 Å². The Hall–Kier alpha value is -5.72. The fourth-order valence-electron chi connectivity index (χ4n) is 6.08. The summed E-state index contributed by atoms with van der Waals surface area (Å²) >= 11 is 6.53. The quantitative estimate of drug-likeness (QED) is 0.135. The summed E-state index contributed by atoms with van der Waals surface area (Å²) in [6, 6.07) is 20.9. The highest BCUT2D eigenvalue weighted by atomic mass is 35.5. The van der Waals surface area contributed by atoms with Gasteiger partial charge in [0.2, 0.25) is 0 Å². The van der Waals surface area contributed by atoms with E-state index in [4.69, 9.17) is 21.1 Å². The van der Waals surface area contributed by atoms with Crippen molar-refractivity contribution in [1.29, 1.82) is 0 Å². The fraction of sp³-hybridized carbons (Fsp3) is 0.205. The van der Waals surface area contributed by atoms with Crippen LogP contribution < -0.4 is 5.32 Å². The molecule has 0 amide bonds. The van der Waals surface area contributed by atoms with E-state index in [9.17, 15) is 9.59 Å². The third-order valence-electron chi connectivity index (χ3n) is 8.27. The van der Waals surface area contributed by atoms with E-state index in [0.29, 0.717) is 46.0 Å². The lowest BCUT2D eigenvalue weighted by molar-refractivity contribution is -0.139. The number of allylic oxidation sites excluding steroid dienone is 1. The molecule has 0 radical (unpaired) electrons. The largest absolute Gasteiger partial charge is 0.463 e. The topological polar surface area (TPSA) is 108 Å². The van der Waals surface area contributed by atoms with Crippen molar-refractivity contribution >= 4 is 40.3 Å². The smallest absolute Gasteiger partial charge is 0.337 e. The van der Waals surface area contributed by atoms with Crippen LogP contribution in [0.4, 0.5) is 0 Å². The van der Waals surface area contributed by atoms with Crippen LogP contribution in [0.15, 0.2) is 108 Å². The summed E-state index contributed by atoms with van der Waals surface area (Å²) in [6.07, 6.45) is 7.69. The number of ether oxygens (including phenoxy) is 2. The lowest BCUT2D eigenvalue weighted by atomic mass is 9.80. The van der Waals surface area contributed by atoms with Crippen LogP contribution in [0.5, 0.6) is 0 Å². The van der Waals surface area contributed by atoms with E-state index in [-0.39, 0.29) is 13.2 Å². The fourth-order valence-corrected chi connectivity index (χ4v) is 6.31. The van der Waals surface area contributed by atoms with Crippen LogP contribution in [0.25, 0.3) is 22.4 Å². The Labute approximate surface area is 289 Å². The van der Waals surface area contributed by atoms with Gasteiger partial charge in [0, 0.05) is 46.5 Å². The van der Waals surface area contributed by atoms with Crippen LogP contribution in [0.1, 0.15) is 42.8 Å². The maximum Gasteiger partial charge on any atom is 0.337 e. The number of fused-ring (bicyclic) bond motifs is 1. The predicted molar refractivity (Wildman–Crippen MR) is 188 cm³/mol. The van der Waals surface area contributed by atoms with Gasteiger partial charge in [0.1, 0.15) is 11.3 Å². The molecular weight excluding hydrogens is 638 g/mol. The molecule has 0 bridgehead atoms. The molecule has 4 heterocycles. The average molecular weight is 672 g/mol. The summed E-state index contributed by atoms with van der Waals surface area (Å²) in [5.74, 6) is 4.91. The van der Waals surface area contributed by atoms with Gasteiger partial charge < -0.3 is 14.8 Å². The zero-order valence-corrected chi connectivity index (χ0v) is 28.1. The van der Waals surface area contributed by atoms with Crippen LogP contribution in [0, 0.1) is 24.7 Å². The van der Waals surface area contributed by atoms with Gasteiger partial charge in [-0.15, -0.1) is 0 Å². The SMILES string of the molecule is CCOC(=O)C1=C(c2ccc(-n3c(C)nc4cnccc43)cc2)NC(C)=C(C(=O)OCC#Cc2cccnc2)C1CCc1ccccc1Cl. The van der Waals surface area contributed by atoms with E-state index in [2.05, 4.69) is 36.7 Å². The number of benzene rings is 2. The second kappa shape index (κ2) is 15.0. The Kier molecular flexibility index (Phi) is 10.2. The highest BCUT2D eigenvalue weighted by molar-refractivity contribution is 6.31. The molecule has 6 rings (SSSR count). The van der Waals surface area contributed by atoms with E-state index < -0.39 is 17.9 Å². The van der Waals surface area contributed by atoms with Crippen LogP contribution in [0.3, 0.4) is 0 Å². The van der Waals surface area contributed by atoms with Gasteiger partial charge in [-0.1, -0.05) is 53.8 Å². The molecule has 246 valence electrons. The van der Waals surface area contributed by atoms with Gasteiger partial charge in [0.25, 0.3) is 0 Å². The second-order valence-corrected chi connectivity index (χ2v) is 11.8. The number of aromatic nitrogens is 4. The van der Waals surface area contributed by atoms with Crippen molar-refractivity contribution in [3.8, 4) is 17.5 Å². The molecule has 49 heavy (non-hydrogen) atoms. The Bertz CT molecular complexity index is 2140. The van der Waals surface area contributed by atoms with Crippen molar-refractivity contribution in [2.45, 2.75) is 33.6 Å². The Morgan fingerprint density at radius 1 is 0.918 bits per heavy atom. The van der Waals surface area contributed by atoms with E-state index in [1.807, 2.05) is 74.5 Å². The molecule has 10 heteroatoms. The van der Waals surface area contributed by atoms with Crippen molar-refractivity contribution < 1.29 is 19.1 Å². The molecule has 0 spiro atoms. The lowest BCUT2D eigenvalue weighted by Crippen LogP contribution is -2.34. The molecular formula is C39H34ClN5O4. The Morgan fingerprint density at radius 2 is 1.69 bits per heavy atom. The van der Waals surface area contributed by atoms with Gasteiger partial charge in [-0.2, -0.15) is 0 Å². The molecule has 1 N–H and O–H groups in total. The van der Waals surface area contributed by atoms with Gasteiger partial charge in [-0.3, -0.25) is 14.5 Å². The lowest BCUT2D eigenvalue weighted by Gasteiger charge is -2.31. The number of carbonyl (C=O) groups is 2. The molecule has 1 aliphatic rings. The number of hydrogen-bond acceptors (Lipinski definition) is 8. The van der Waals surface area contributed by atoms with Crippen molar-refractivity contribution in [3.05, 3.63) is 136 Å². The minimum Gasteiger partial charge on any atom is -0.463 e. The Balaban J connectivity index is 1.37. The number of aryl methyl sites for hydroxylation is 2. The average Bonchev–Trinajstić information content (AvgIpc) is 3.45. The minimum atomic E-state index is -0.655. The van der Waals surface area contributed by atoms with Crippen molar-refractivity contribution in [2.75, 3.05) is 13.2 Å². The van der Waals surface area contributed by atoms with Gasteiger partial charge >= 0.3 is 11.9 Å². The van der Waals surface area contributed by atoms with Crippen molar-refractivity contribution in [3.63, 3.8) is 0 Å². The third-order valence-corrected chi connectivity index (χ3v) is 8.64. The first-order chi connectivity index (χ1) is 23.9. The number of dihydropyridines is 1. The van der Waals surface area contributed by atoms with E-state index in [1.54, 1.807) is 37.8 Å². The molecule has 9 nitrogen and oxygen atoms in total.